The topological polar surface area (TPSA) is 29.3 Å². The Kier molecular flexibility index (Phi) is 3.08. The van der Waals surface area contributed by atoms with E-state index in [9.17, 15) is 0 Å². The zero-order valence-corrected chi connectivity index (χ0v) is 9.66. The van der Waals surface area contributed by atoms with Crippen LogP contribution in [0.15, 0.2) is 18.2 Å². The van der Waals surface area contributed by atoms with E-state index in [0.717, 1.165) is 19.6 Å². The highest BCUT2D eigenvalue weighted by molar-refractivity contribution is 5.37. The van der Waals surface area contributed by atoms with E-state index in [1.165, 1.54) is 23.1 Å². The molecule has 0 spiro atoms. The number of benzene rings is 1. The van der Waals surface area contributed by atoms with Crippen LogP contribution < -0.4 is 5.73 Å². The van der Waals surface area contributed by atoms with E-state index < -0.39 is 0 Å². The molecular weight excluding hydrogens is 184 g/mol. The highest BCUT2D eigenvalue weighted by Crippen LogP contribution is 2.33. The lowest BCUT2D eigenvalue weighted by Crippen LogP contribution is -2.28. The van der Waals surface area contributed by atoms with E-state index in [1.807, 2.05) is 0 Å². The van der Waals surface area contributed by atoms with Crippen molar-refractivity contribution < 1.29 is 0 Å². The molecule has 0 amide bonds. The van der Waals surface area contributed by atoms with Gasteiger partial charge in [0.2, 0.25) is 0 Å². The lowest BCUT2D eigenvalue weighted by atomic mass is 10.0. The van der Waals surface area contributed by atoms with Crippen LogP contribution in [-0.2, 0) is 6.54 Å². The molecule has 0 aromatic heterocycles. The molecule has 1 aromatic rings. The SMILES string of the molecule is CCCN1Cc2ccc(C)cc2C1CN. The minimum Gasteiger partial charge on any atom is -0.329 e. The standard InChI is InChI=1S/C13H20N2/c1-3-6-15-9-11-5-4-10(2)7-12(11)13(15)8-14/h4-5,7,13H,3,6,8-9,14H2,1-2H3. The molecule has 1 unspecified atom stereocenters. The first-order valence-electron chi connectivity index (χ1n) is 5.79. The van der Waals surface area contributed by atoms with Gasteiger partial charge in [-0.2, -0.15) is 0 Å². The molecule has 1 aliphatic rings. The second kappa shape index (κ2) is 4.33. The second-order valence-corrected chi connectivity index (χ2v) is 4.42. The summed E-state index contributed by atoms with van der Waals surface area (Å²) < 4.78 is 0. The fourth-order valence-corrected chi connectivity index (χ4v) is 2.49. The molecular formula is C13H20N2. The van der Waals surface area contributed by atoms with Crippen molar-refractivity contribution in [2.75, 3.05) is 13.1 Å². The van der Waals surface area contributed by atoms with Crippen molar-refractivity contribution in [3.63, 3.8) is 0 Å². The van der Waals surface area contributed by atoms with Crippen LogP contribution in [-0.4, -0.2) is 18.0 Å². The first kappa shape index (κ1) is 10.7. The zero-order valence-electron chi connectivity index (χ0n) is 9.66. The molecule has 1 aliphatic heterocycles. The molecule has 2 nitrogen and oxygen atoms in total. The van der Waals surface area contributed by atoms with Gasteiger partial charge in [-0.05, 0) is 31.0 Å². The van der Waals surface area contributed by atoms with Gasteiger partial charge in [-0.1, -0.05) is 30.7 Å². The van der Waals surface area contributed by atoms with Gasteiger partial charge in [-0.25, -0.2) is 0 Å². The Bertz CT molecular complexity index is 346. The third kappa shape index (κ3) is 1.92. The van der Waals surface area contributed by atoms with Crippen molar-refractivity contribution in [3.8, 4) is 0 Å². The largest absolute Gasteiger partial charge is 0.329 e. The maximum atomic E-state index is 5.88. The number of hydrogen-bond acceptors (Lipinski definition) is 2. The summed E-state index contributed by atoms with van der Waals surface area (Å²) in [6.45, 7) is 7.33. The van der Waals surface area contributed by atoms with Gasteiger partial charge in [0, 0.05) is 19.1 Å². The minimum atomic E-state index is 0.444. The normalized spacial score (nSPS) is 20.6. The summed E-state index contributed by atoms with van der Waals surface area (Å²) in [6, 6.07) is 7.19. The summed E-state index contributed by atoms with van der Waals surface area (Å²) >= 11 is 0. The third-order valence-corrected chi connectivity index (χ3v) is 3.21. The summed E-state index contributed by atoms with van der Waals surface area (Å²) in [7, 11) is 0. The summed E-state index contributed by atoms with van der Waals surface area (Å²) in [5, 5.41) is 0. The van der Waals surface area contributed by atoms with Crippen LogP contribution in [0.5, 0.6) is 0 Å². The Morgan fingerprint density at radius 1 is 1.47 bits per heavy atom. The highest BCUT2D eigenvalue weighted by Gasteiger charge is 2.27. The van der Waals surface area contributed by atoms with Crippen LogP contribution in [0.25, 0.3) is 0 Å². The maximum Gasteiger partial charge on any atom is 0.0477 e. The minimum absolute atomic E-state index is 0.444. The highest BCUT2D eigenvalue weighted by atomic mass is 15.2. The van der Waals surface area contributed by atoms with E-state index in [4.69, 9.17) is 5.73 Å². The molecule has 82 valence electrons. The van der Waals surface area contributed by atoms with E-state index >= 15 is 0 Å². The predicted octanol–water partition coefficient (Wildman–Crippen LogP) is 2.22. The van der Waals surface area contributed by atoms with E-state index in [0.29, 0.717) is 6.04 Å². The van der Waals surface area contributed by atoms with Gasteiger partial charge in [0.1, 0.15) is 0 Å². The monoisotopic (exact) mass is 204 g/mol. The Hall–Kier alpha value is -0.860. The molecule has 2 rings (SSSR count). The van der Waals surface area contributed by atoms with Crippen molar-refractivity contribution in [3.05, 3.63) is 34.9 Å². The van der Waals surface area contributed by atoms with Crippen molar-refractivity contribution in [1.82, 2.24) is 4.90 Å². The molecule has 1 aromatic carbocycles. The Morgan fingerprint density at radius 3 is 2.93 bits per heavy atom. The number of nitrogens with zero attached hydrogens (tertiary/aromatic N) is 1. The van der Waals surface area contributed by atoms with Crippen LogP contribution in [0, 0.1) is 6.92 Å². The first-order valence-corrected chi connectivity index (χ1v) is 5.79. The smallest absolute Gasteiger partial charge is 0.0477 e. The van der Waals surface area contributed by atoms with Crippen LogP contribution in [0.4, 0.5) is 0 Å². The van der Waals surface area contributed by atoms with Crippen LogP contribution in [0.3, 0.4) is 0 Å². The quantitative estimate of drug-likeness (QED) is 0.818. The molecule has 2 heteroatoms. The van der Waals surface area contributed by atoms with Gasteiger partial charge in [-0.15, -0.1) is 0 Å². The summed E-state index contributed by atoms with van der Waals surface area (Å²) in [6.07, 6.45) is 1.20. The third-order valence-electron chi connectivity index (χ3n) is 3.21. The van der Waals surface area contributed by atoms with Crippen molar-refractivity contribution in [2.24, 2.45) is 5.73 Å². The predicted molar refractivity (Wildman–Crippen MR) is 63.7 cm³/mol. The van der Waals surface area contributed by atoms with Gasteiger partial charge < -0.3 is 5.73 Å². The molecule has 1 atom stereocenters. The zero-order chi connectivity index (χ0) is 10.8. The van der Waals surface area contributed by atoms with E-state index in [2.05, 4.69) is 36.9 Å². The maximum absolute atomic E-state index is 5.88. The summed E-state index contributed by atoms with van der Waals surface area (Å²) in [4.78, 5) is 2.49. The lowest BCUT2D eigenvalue weighted by Gasteiger charge is -2.22. The van der Waals surface area contributed by atoms with Crippen LogP contribution in [0.1, 0.15) is 36.1 Å². The van der Waals surface area contributed by atoms with Gasteiger partial charge >= 0.3 is 0 Å². The number of aryl methyl sites for hydroxylation is 1. The summed E-state index contributed by atoms with van der Waals surface area (Å²) in [5.74, 6) is 0. The van der Waals surface area contributed by atoms with Crippen molar-refractivity contribution >= 4 is 0 Å². The fraction of sp³-hybridized carbons (Fsp3) is 0.538. The molecule has 0 fully saturated rings. The number of rotatable bonds is 3. The molecule has 0 bridgehead atoms. The lowest BCUT2D eigenvalue weighted by molar-refractivity contribution is 0.220. The first-order chi connectivity index (χ1) is 7.26. The van der Waals surface area contributed by atoms with Crippen molar-refractivity contribution in [2.45, 2.75) is 32.9 Å². The summed E-state index contributed by atoms with van der Waals surface area (Å²) in [5.41, 5.74) is 10.1. The average molecular weight is 204 g/mol. The van der Waals surface area contributed by atoms with Gasteiger partial charge in [0.15, 0.2) is 0 Å². The van der Waals surface area contributed by atoms with Crippen molar-refractivity contribution in [1.29, 1.82) is 0 Å². The number of hydrogen-bond donors (Lipinski definition) is 1. The van der Waals surface area contributed by atoms with Crippen LogP contribution >= 0.6 is 0 Å². The Morgan fingerprint density at radius 2 is 2.27 bits per heavy atom. The molecule has 0 saturated carbocycles. The van der Waals surface area contributed by atoms with E-state index in [-0.39, 0.29) is 0 Å². The molecule has 2 N–H and O–H groups in total. The number of fused-ring (bicyclic) bond motifs is 1. The Balaban J connectivity index is 2.29. The molecule has 1 heterocycles. The van der Waals surface area contributed by atoms with Gasteiger partial charge in [-0.3, -0.25) is 4.90 Å². The van der Waals surface area contributed by atoms with Crippen LogP contribution in [0.2, 0.25) is 0 Å². The Labute approximate surface area is 92.1 Å². The molecule has 0 saturated heterocycles. The average Bonchev–Trinajstić information content (AvgIpc) is 2.55. The number of nitrogens with two attached hydrogens (primary N) is 1. The fourth-order valence-electron chi connectivity index (χ4n) is 2.49. The van der Waals surface area contributed by atoms with Gasteiger partial charge in [0.25, 0.3) is 0 Å². The molecule has 0 aliphatic carbocycles. The molecule has 15 heavy (non-hydrogen) atoms. The second-order valence-electron chi connectivity index (χ2n) is 4.42. The van der Waals surface area contributed by atoms with E-state index in [1.54, 1.807) is 0 Å². The van der Waals surface area contributed by atoms with Gasteiger partial charge in [0.05, 0.1) is 0 Å². The molecule has 0 radical (unpaired) electrons.